The van der Waals surface area contributed by atoms with Crippen molar-refractivity contribution in [3.8, 4) is 0 Å². The van der Waals surface area contributed by atoms with Crippen LogP contribution >= 0.6 is 34.7 Å². The Morgan fingerprint density at radius 2 is 1.90 bits per heavy atom. The van der Waals surface area contributed by atoms with Crippen molar-refractivity contribution >= 4 is 61.5 Å². The minimum atomic E-state index is -3.22. The van der Waals surface area contributed by atoms with Crippen LogP contribution in [0, 0.1) is 5.92 Å². The summed E-state index contributed by atoms with van der Waals surface area (Å²) >= 11 is 8.27. The van der Waals surface area contributed by atoms with Gasteiger partial charge in [-0.25, -0.2) is 12.7 Å². The summed E-state index contributed by atoms with van der Waals surface area (Å²) in [5, 5.41) is 11.6. The lowest BCUT2D eigenvalue weighted by Gasteiger charge is -2.29. The Morgan fingerprint density at radius 1 is 1.24 bits per heavy atom. The van der Waals surface area contributed by atoms with E-state index in [1.54, 1.807) is 24.3 Å². The molecule has 1 fully saturated rings. The molecule has 2 aromatic rings. The van der Waals surface area contributed by atoms with Gasteiger partial charge in [-0.05, 0) is 37.1 Å². The average Bonchev–Trinajstić information content (AvgIpc) is 3.13. The largest absolute Gasteiger partial charge is 0.300 e. The molecule has 1 aromatic carbocycles. The number of Topliss-reactive ketones (excluding diaryl/α,β-unsaturated/α-hetero) is 1. The Morgan fingerprint density at radius 3 is 2.52 bits per heavy atom. The number of sulfonamides is 1. The van der Waals surface area contributed by atoms with Crippen molar-refractivity contribution in [2.45, 2.75) is 17.2 Å². The van der Waals surface area contributed by atoms with Crippen LogP contribution in [-0.2, 0) is 14.8 Å². The molecule has 0 unspecified atom stereocenters. The maximum atomic E-state index is 12.4. The number of ketones is 1. The molecule has 1 aliphatic rings. The number of piperidine rings is 1. The summed E-state index contributed by atoms with van der Waals surface area (Å²) in [5.41, 5.74) is 0.570. The highest BCUT2D eigenvalue weighted by Crippen LogP contribution is 2.28. The molecule has 2 heterocycles. The normalized spacial score (nSPS) is 15.9. The molecule has 8 nitrogen and oxygen atoms in total. The van der Waals surface area contributed by atoms with Crippen LogP contribution in [-0.4, -0.2) is 59.7 Å². The highest BCUT2D eigenvalue weighted by atomic mass is 35.5. The molecule has 0 spiro atoms. The third-order valence-corrected chi connectivity index (χ3v) is 7.95. The fourth-order valence-electron chi connectivity index (χ4n) is 2.82. The average molecular weight is 475 g/mol. The van der Waals surface area contributed by atoms with E-state index >= 15 is 0 Å². The number of carbonyl (C=O) groups is 2. The van der Waals surface area contributed by atoms with Gasteiger partial charge in [-0.1, -0.05) is 34.7 Å². The molecule has 0 saturated carbocycles. The van der Waals surface area contributed by atoms with Crippen LogP contribution in [0.2, 0.25) is 5.02 Å². The van der Waals surface area contributed by atoms with Crippen molar-refractivity contribution < 1.29 is 18.0 Å². The lowest BCUT2D eigenvalue weighted by molar-refractivity contribution is -0.120. The van der Waals surface area contributed by atoms with Crippen molar-refractivity contribution in [1.29, 1.82) is 0 Å². The summed E-state index contributed by atoms with van der Waals surface area (Å²) < 4.78 is 25.1. The van der Waals surface area contributed by atoms with E-state index in [-0.39, 0.29) is 23.4 Å². The second kappa shape index (κ2) is 9.52. The van der Waals surface area contributed by atoms with Gasteiger partial charge in [-0.15, -0.1) is 10.2 Å². The molecular weight excluding hydrogens is 456 g/mol. The topological polar surface area (TPSA) is 109 Å². The zero-order chi connectivity index (χ0) is 21.0. The van der Waals surface area contributed by atoms with Crippen LogP contribution in [0.3, 0.4) is 0 Å². The number of nitrogens with zero attached hydrogens (tertiary/aromatic N) is 3. The van der Waals surface area contributed by atoms with Gasteiger partial charge >= 0.3 is 0 Å². The van der Waals surface area contributed by atoms with Crippen LogP contribution in [0.25, 0.3) is 0 Å². The van der Waals surface area contributed by atoms with Gasteiger partial charge in [0, 0.05) is 29.6 Å². The van der Waals surface area contributed by atoms with Gasteiger partial charge in [0.25, 0.3) is 0 Å². The van der Waals surface area contributed by atoms with Gasteiger partial charge in [-0.3, -0.25) is 9.59 Å². The third kappa shape index (κ3) is 6.22. The Bertz CT molecular complexity index is 986. The molecule has 1 aromatic heterocycles. The molecule has 0 atom stereocenters. The highest BCUT2D eigenvalue weighted by Gasteiger charge is 2.29. The minimum Gasteiger partial charge on any atom is -0.300 e. The smallest absolute Gasteiger partial charge is 0.229 e. The van der Waals surface area contributed by atoms with Crippen LogP contribution in [0.1, 0.15) is 23.2 Å². The second-order valence-corrected chi connectivity index (χ2v) is 11.1. The van der Waals surface area contributed by atoms with Crippen LogP contribution in [0.5, 0.6) is 0 Å². The monoisotopic (exact) mass is 474 g/mol. The lowest BCUT2D eigenvalue weighted by atomic mass is 9.97. The van der Waals surface area contributed by atoms with E-state index < -0.39 is 10.0 Å². The fraction of sp³-hybridized carbons (Fsp3) is 0.412. The van der Waals surface area contributed by atoms with E-state index in [1.165, 1.54) is 33.7 Å². The second-order valence-electron chi connectivity index (χ2n) is 6.52. The van der Waals surface area contributed by atoms with E-state index in [0.717, 1.165) is 0 Å². The Kier molecular flexibility index (Phi) is 7.28. The molecule has 3 rings (SSSR count). The van der Waals surface area contributed by atoms with Crippen molar-refractivity contribution in [1.82, 2.24) is 14.5 Å². The number of carbonyl (C=O) groups excluding carboxylic acids is 2. The Hall–Kier alpha value is -1.53. The van der Waals surface area contributed by atoms with Gasteiger partial charge < -0.3 is 5.32 Å². The van der Waals surface area contributed by atoms with Crippen molar-refractivity contribution in [3.63, 3.8) is 0 Å². The number of anilines is 1. The first-order valence-electron chi connectivity index (χ1n) is 8.73. The first-order chi connectivity index (χ1) is 13.7. The molecule has 0 bridgehead atoms. The number of hydrogen-bond donors (Lipinski definition) is 1. The summed E-state index contributed by atoms with van der Waals surface area (Å²) in [5.74, 6) is -0.304. The SMILES string of the molecule is CS(=O)(=O)N1CCC(C(=O)Nc2nnc(SCC(=O)c3ccc(Cl)cc3)s2)CC1. The molecule has 1 aliphatic heterocycles. The zero-order valence-corrected chi connectivity index (χ0v) is 18.7. The van der Waals surface area contributed by atoms with Crippen molar-refractivity contribution in [2.24, 2.45) is 5.92 Å². The molecule has 1 N–H and O–H groups in total. The number of rotatable bonds is 7. The van der Waals surface area contributed by atoms with Crippen LogP contribution in [0.4, 0.5) is 5.13 Å². The number of hydrogen-bond acceptors (Lipinski definition) is 8. The molecule has 156 valence electrons. The number of benzene rings is 1. The quantitative estimate of drug-likeness (QED) is 0.373. The maximum absolute atomic E-state index is 12.4. The fourth-order valence-corrected chi connectivity index (χ4v) is 5.47. The first kappa shape index (κ1) is 22.2. The zero-order valence-electron chi connectivity index (χ0n) is 15.5. The molecule has 1 amide bonds. The Labute approximate surface area is 182 Å². The van der Waals surface area contributed by atoms with Gasteiger partial charge in [0.2, 0.25) is 21.1 Å². The number of amides is 1. The predicted molar refractivity (Wildman–Crippen MR) is 114 cm³/mol. The minimum absolute atomic E-state index is 0.0508. The molecule has 0 radical (unpaired) electrons. The van der Waals surface area contributed by atoms with E-state index in [9.17, 15) is 18.0 Å². The molecule has 29 heavy (non-hydrogen) atoms. The number of thioether (sulfide) groups is 1. The number of aromatic nitrogens is 2. The molecule has 12 heteroatoms. The third-order valence-electron chi connectivity index (χ3n) is 4.42. The predicted octanol–water partition coefficient (Wildman–Crippen LogP) is 2.78. The van der Waals surface area contributed by atoms with Crippen molar-refractivity contribution in [2.75, 3.05) is 30.4 Å². The molecule has 0 aliphatic carbocycles. The molecule has 1 saturated heterocycles. The van der Waals surface area contributed by atoms with Crippen LogP contribution < -0.4 is 5.32 Å². The van der Waals surface area contributed by atoms with E-state index in [1.807, 2.05) is 0 Å². The highest BCUT2D eigenvalue weighted by molar-refractivity contribution is 8.01. The standard InChI is InChI=1S/C17H19ClN4O4S3/c1-29(25,26)22-8-6-12(7-9-22)15(24)19-16-20-21-17(28-16)27-10-14(23)11-2-4-13(18)5-3-11/h2-5,12H,6-10H2,1H3,(H,19,20,24). The lowest BCUT2D eigenvalue weighted by Crippen LogP contribution is -2.40. The summed E-state index contributed by atoms with van der Waals surface area (Å²) in [6, 6.07) is 6.68. The van der Waals surface area contributed by atoms with Gasteiger partial charge in [-0.2, -0.15) is 0 Å². The summed E-state index contributed by atoms with van der Waals surface area (Å²) in [7, 11) is -3.22. The summed E-state index contributed by atoms with van der Waals surface area (Å²) in [4.78, 5) is 24.6. The first-order valence-corrected chi connectivity index (χ1v) is 12.8. The maximum Gasteiger partial charge on any atom is 0.229 e. The number of halogens is 1. The van der Waals surface area contributed by atoms with E-state index in [4.69, 9.17) is 11.6 Å². The summed E-state index contributed by atoms with van der Waals surface area (Å²) in [6.45, 7) is 0.669. The summed E-state index contributed by atoms with van der Waals surface area (Å²) in [6.07, 6.45) is 2.11. The van der Waals surface area contributed by atoms with E-state index in [2.05, 4.69) is 15.5 Å². The van der Waals surface area contributed by atoms with Gasteiger partial charge in [0.15, 0.2) is 10.1 Å². The molecular formula is C17H19ClN4O4S3. The van der Waals surface area contributed by atoms with Crippen molar-refractivity contribution in [3.05, 3.63) is 34.9 Å². The van der Waals surface area contributed by atoms with Gasteiger partial charge in [0.05, 0.1) is 12.0 Å². The van der Waals surface area contributed by atoms with Gasteiger partial charge in [0.1, 0.15) is 0 Å². The van der Waals surface area contributed by atoms with E-state index in [0.29, 0.717) is 46.0 Å². The Balaban J connectivity index is 1.48. The number of nitrogens with one attached hydrogen (secondary N) is 1. The van der Waals surface area contributed by atoms with Crippen LogP contribution in [0.15, 0.2) is 28.6 Å².